The van der Waals surface area contributed by atoms with E-state index in [4.69, 9.17) is 0 Å². The molecule has 0 radical (unpaired) electrons. The van der Waals surface area contributed by atoms with Crippen molar-refractivity contribution in [1.82, 2.24) is 5.32 Å². The van der Waals surface area contributed by atoms with Crippen LogP contribution in [-0.4, -0.2) is 26.8 Å². The third kappa shape index (κ3) is 2.24. The van der Waals surface area contributed by atoms with Crippen molar-refractivity contribution in [2.75, 3.05) is 13.1 Å². The highest BCUT2D eigenvalue weighted by Gasteiger charge is 2.38. The highest BCUT2D eigenvalue weighted by atomic mass is 79.9. The minimum absolute atomic E-state index is 0.146. The van der Waals surface area contributed by atoms with Crippen molar-refractivity contribution in [3.05, 3.63) is 28.2 Å². The fourth-order valence-corrected chi connectivity index (χ4v) is 5.28. The number of hydrogen-bond acceptors (Lipinski definition) is 3. The summed E-state index contributed by atoms with van der Waals surface area (Å²) in [5, 5.41) is 3.18. The van der Waals surface area contributed by atoms with Gasteiger partial charge in [0.2, 0.25) is 0 Å². The second kappa shape index (κ2) is 4.62. The van der Waals surface area contributed by atoms with Crippen molar-refractivity contribution in [2.45, 2.75) is 35.3 Å². The van der Waals surface area contributed by atoms with Crippen molar-refractivity contribution in [2.24, 2.45) is 0 Å². The topological polar surface area (TPSA) is 46.2 Å². The van der Waals surface area contributed by atoms with Gasteiger partial charge in [0.25, 0.3) is 0 Å². The standard InChI is InChI=1S/C13H16BrNO2S/c14-12-7-9(10-5-6-15-8-10)1-4-13(12)18(16,17)11-2-3-11/h1,4,7,10-11,15H,2-3,5-6,8H2. The summed E-state index contributed by atoms with van der Waals surface area (Å²) in [5.74, 6) is 0.513. The third-order valence-electron chi connectivity index (χ3n) is 3.76. The van der Waals surface area contributed by atoms with E-state index in [1.54, 1.807) is 6.07 Å². The van der Waals surface area contributed by atoms with Crippen LogP contribution in [-0.2, 0) is 9.84 Å². The molecule has 98 valence electrons. The summed E-state index contributed by atoms with van der Waals surface area (Å²) < 4.78 is 25.1. The maximum absolute atomic E-state index is 12.2. The van der Waals surface area contributed by atoms with Crippen LogP contribution in [0.5, 0.6) is 0 Å². The predicted molar refractivity (Wildman–Crippen MR) is 74.6 cm³/mol. The molecule has 0 amide bonds. The predicted octanol–water partition coefficient (Wildman–Crippen LogP) is 2.46. The zero-order chi connectivity index (χ0) is 12.8. The van der Waals surface area contributed by atoms with Gasteiger partial charge in [-0.25, -0.2) is 8.42 Å². The lowest BCUT2D eigenvalue weighted by Gasteiger charge is -2.12. The molecule has 0 aromatic heterocycles. The van der Waals surface area contributed by atoms with Gasteiger partial charge >= 0.3 is 0 Å². The van der Waals surface area contributed by atoms with E-state index in [0.29, 0.717) is 10.8 Å². The van der Waals surface area contributed by atoms with Crippen LogP contribution in [0.2, 0.25) is 0 Å². The zero-order valence-electron chi connectivity index (χ0n) is 10.0. The molecule has 3 nitrogen and oxygen atoms in total. The van der Waals surface area contributed by atoms with Crippen LogP contribution in [0.15, 0.2) is 27.6 Å². The molecular weight excluding hydrogens is 314 g/mol. The normalized spacial score (nSPS) is 24.4. The first-order valence-corrected chi connectivity index (χ1v) is 8.67. The summed E-state index contributed by atoms with van der Waals surface area (Å²) in [6, 6.07) is 5.72. The van der Waals surface area contributed by atoms with Gasteiger partial charge in [-0.05, 0) is 65.4 Å². The Kier molecular flexibility index (Phi) is 3.24. The van der Waals surface area contributed by atoms with Gasteiger partial charge in [0.1, 0.15) is 0 Å². The van der Waals surface area contributed by atoms with Gasteiger partial charge < -0.3 is 5.32 Å². The monoisotopic (exact) mass is 329 g/mol. The Morgan fingerprint density at radius 1 is 1.22 bits per heavy atom. The first-order valence-electron chi connectivity index (χ1n) is 6.33. The molecule has 1 unspecified atom stereocenters. The Bertz CT molecular complexity index is 560. The van der Waals surface area contributed by atoms with E-state index in [9.17, 15) is 8.42 Å². The van der Waals surface area contributed by atoms with Gasteiger partial charge in [-0.3, -0.25) is 0 Å². The molecular formula is C13H16BrNO2S. The van der Waals surface area contributed by atoms with Crippen molar-refractivity contribution in [3.63, 3.8) is 0 Å². The van der Waals surface area contributed by atoms with Gasteiger partial charge in [0, 0.05) is 11.0 Å². The maximum atomic E-state index is 12.2. The SMILES string of the molecule is O=S(=O)(c1ccc(C2CCNC2)cc1Br)C1CC1. The molecule has 1 aliphatic carbocycles. The molecule has 0 bridgehead atoms. The Morgan fingerprint density at radius 2 is 2.00 bits per heavy atom. The summed E-state index contributed by atoms with van der Waals surface area (Å²) in [5.41, 5.74) is 1.22. The van der Waals surface area contributed by atoms with E-state index in [1.807, 2.05) is 12.1 Å². The van der Waals surface area contributed by atoms with E-state index < -0.39 is 9.84 Å². The summed E-state index contributed by atoms with van der Waals surface area (Å²) in [4.78, 5) is 0.458. The molecule has 2 fully saturated rings. The first-order chi connectivity index (χ1) is 8.59. The van der Waals surface area contributed by atoms with Crippen molar-refractivity contribution in [3.8, 4) is 0 Å². The lowest BCUT2D eigenvalue weighted by atomic mass is 9.99. The van der Waals surface area contributed by atoms with Crippen LogP contribution in [0.4, 0.5) is 0 Å². The Labute approximate surface area is 116 Å². The van der Waals surface area contributed by atoms with Crippen LogP contribution >= 0.6 is 15.9 Å². The zero-order valence-corrected chi connectivity index (χ0v) is 12.4. The van der Waals surface area contributed by atoms with Crippen molar-refractivity contribution < 1.29 is 8.42 Å². The molecule has 1 atom stereocenters. The molecule has 1 N–H and O–H groups in total. The number of sulfone groups is 1. The molecule has 0 spiro atoms. The minimum Gasteiger partial charge on any atom is -0.316 e. The van der Waals surface area contributed by atoms with Crippen LogP contribution in [0, 0.1) is 0 Å². The van der Waals surface area contributed by atoms with Crippen LogP contribution in [0.1, 0.15) is 30.7 Å². The van der Waals surface area contributed by atoms with E-state index in [2.05, 4.69) is 21.2 Å². The number of benzene rings is 1. The van der Waals surface area contributed by atoms with E-state index in [1.165, 1.54) is 5.56 Å². The fourth-order valence-electron chi connectivity index (χ4n) is 2.50. The van der Waals surface area contributed by atoms with Gasteiger partial charge in [0.15, 0.2) is 9.84 Å². The molecule has 1 saturated carbocycles. The van der Waals surface area contributed by atoms with Crippen LogP contribution < -0.4 is 5.32 Å². The Balaban J connectivity index is 1.93. The van der Waals surface area contributed by atoms with Gasteiger partial charge in [-0.1, -0.05) is 6.07 Å². The highest BCUT2D eigenvalue weighted by Crippen LogP contribution is 2.37. The van der Waals surface area contributed by atoms with Crippen LogP contribution in [0.25, 0.3) is 0 Å². The second-order valence-electron chi connectivity index (χ2n) is 5.12. The lowest BCUT2D eigenvalue weighted by molar-refractivity contribution is 0.594. The van der Waals surface area contributed by atoms with E-state index in [0.717, 1.165) is 36.8 Å². The number of rotatable bonds is 3. The number of nitrogens with one attached hydrogen (secondary N) is 1. The second-order valence-corrected chi connectivity index (χ2v) is 8.17. The summed E-state index contributed by atoms with van der Waals surface area (Å²) in [7, 11) is -3.10. The van der Waals surface area contributed by atoms with E-state index in [-0.39, 0.29) is 5.25 Å². The lowest BCUT2D eigenvalue weighted by Crippen LogP contribution is -2.10. The van der Waals surface area contributed by atoms with Gasteiger partial charge in [-0.15, -0.1) is 0 Å². The quantitative estimate of drug-likeness (QED) is 0.926. The number of hydrogen-bond donors (Lipinski definition) is 1. The van der Waals surface area contributed by atoms with Crippen molar-refractivity contribution in [1.29, 1.82) is 0 Å². The highest BCUT2D eigenvalue weighted by molar-refractivity contribution is 9.10. The van der Waals surface area contributed by atoms with Gasteiger partial charge in [-0.2, -0.15) is 0 Å². The Hall–Kier alpha value is -0.390. The minimum atomic E-state index is -3.10. The third-order valence-corrected chi connectivity index (χ3v) is 6.99. The van der Waals surface area contributed by atoms with Crippen molar-refractivity contribution >= 4 is 25.8 Å². The fraction of sp³-hybridized carbons (Fsp3) is 0.538. The van der Waals surface area contributed by atoms with E-state index >= 15 is 0 Å². The molecule has 18 heavy (non-hydrogen) atoms. The van der Waals surface area contributed by atoms with Gasteiger partial charge in [0.05, 0.1) is 10.1 Å². The summed E-state index contributed by atoms with van der Waals surface area (Å²) in [6.07, 6.45) is 2.74. The molecule has 1 aromatic carbocycles. The first kappa shape index (κ1) is 12.6. The smallest absolute Gasteiger partial charge is 0.182 e. The molecule has 5 heteroatoms. The Morgan fingerprint density at radius 3 is 2.56 bits per heavy atom. The molecule has 1 aromatic rings. The summed E-state index contributed by atoms with van der Waals surface area (Å²) in [6.45, 7) is 2.03. The average molecular weight is 330 g/mol. The molecule has 1 saturated heterocycles. The number of halogens is 1. The largest absolute Gasteiger partial charge is 0.316 e. The molecule has 1 heterocycles. The maximum Gasteiger partial charge on any atom is 0.182 e. The molecule has 1 aliphatic heterocycles. The molecule has 3 rings (SSSR count). The average Bonchev–Trinajstić information content (AvgIpc) is 3.06. The summed E-state index contributed by atoms with van der Waals surface area (Å²) >= 11 is 3.43. The van der Waals surface area contributed by atoms with Crippen LogP contribution in [0.3, 0.4) is 0 Å². The molecule has 2 aliphatic rings.